The van der Waals surface area contributed by atoms with E-state index in [1.807, 2.05) is 0 Å². The Kier molecular flexibility index (Phi) is 3.79. The Labute approximate surface area is 111 Å². The zero-order chi connectivity index (χ0) is 13.3. The van der Waals surface area contributed by atoms with E-state index in [1.165, 1.54) is 11.1 Å². The fourth-order valence-electron chi connectivity index (χ4n) is 2.71. The van der Waals surface area contributed by atoms with Gasteiger partial charge in [-0.25, -0.2) is 0 Å². The Hall–Kier alpha value is -0.860. The predicted octanol–water partition coefficient (Wildman–Crippen LogP) is 2.81. The molecule has 1 aliphatic heterocycles. The first-order valence-electron chi connectivity index (χ1n) is 6.87. The molecule has 0 aliphatic carbocycles. The van der Waals surface area contributed by atoms with Crippen molar-refractivity contribution in [2.45, 2.75) is 32.2 Å². The standard InChI is InChI=1S/C16H26N2/c1-16(2,3)14-8-6-12(7-9-14)15(18(4)5)13-10-17-11-13/h6-9,13,15,17H,10-11H2,1-5H3. The topological polar surface area (TPSA) is 15.3 Å². The normalized spacial score (nSPS) is 18.8. The summed E-state index contributed by atoms with van der Waals surface area (Å²) in [5.74, 6) is 0.750. The molecule has 0 spiro atoms. The molecule has 0 radical (unpaired) electrons. The molecule has 2 nitrogen and oxygen atoms in total. The van der Waals surface area contributed by atoms with E-state index >= 15 is 0 Å². The van der Waals surface area contributed by atoms with Crippen LogP contribution in [-0.2, 0) is 5.41 Å². The fourth-order valence-corrected chi connectivity index (χ4v) is 2.71. The summed E-state index contributed by atoms with van der Waals surface area (Å²) < 4.78 is 0. The maximum Gasteiger partial charge on any atom is 0.0394 e. The number of nitrogens with zero attached hydrogens (tertiary/aromatic N) is 1. The van der Waals surface area contributed by atoms with Gasteiger partial charge in [0.25, 0.3) is 0 Å². The quantitative estimate of drug-likeness (QED) is 0.882. The summed E-state index contributed by atoms with van der Waals surface area (Å²) in [7, 11) is 4.36. The number of rotatable bonds is 3. The van der Waals surface area contributed by atoms with Crippen molar-refractivity contribution in [2.24, 2.45) is 5.92 Å². The molecule has 1 saturated heterocycles. The minimum Gasteiger partial charge on any atom is -0.316 e. The van der Waals surface area contributed by atoms with Gasteiger partial charge in [-0.2, -0.15) is 0 Å². The molecule has 1 aromatic rings. The lowest BCUT2D eigenvalue weighted by atomic mass is 9.83. The summed E-state index contributed by atoms with van der Waals surface area (Å²) in [5.41, 5.74) is 3.10. The molecule has 0 saturated carbocycles. The van der Waals surface area contributed by atoms with E-state index in [0.717, 1.165) is 19.0 Å². The molecule has 0 aromatic heterocycles. The molecule has 0 amide bonds. The minimum atomic E-state index is 0.240. The van der Waals surface area contributed by atoms with Crippen LogP contribution in [0.25, 0.3) is 0 Å². The number of hydrogen-bond acceptors (Lipinski definition) is 2. The lowest BCUT2D eigenvalue weighted by Gasteiger charge is -2.39. The first-order chi connectivity index (χ1) is 8.39. The maximum atomic E-state index is 3.38. The van der Waals surface area contributed by atoms with Crippen LogP contribution < -0.4 is 5.32 Å². The summed E-state index contributed by atoms with van der Waals surface area (Å²) in [6.45, 7) is 9.08. The van der Waals surface area contributed by atoms with E-state index in [-0.39, 0.29) is 5.41 Å². The van der Waals surface area contributed by atoms with Crippen LogP contribution in [0.5, 0.6) is 0 Å². The summed E-state index contributed by atoms with van der Waals surface area (Å²) in [6, 6.07) is 9.74. The highest BCUT2D eigenvalue weighted by atomic mass is 15.1. The van der Waals surface area contributed by atoms with Gasteiger partial charge in [0.1, 0.15) is 0 Å². The highest BCUT2D eigenvalue weighted by molar-refractivity contribution is 5.30. The van der Waals surface area contributed by atoms with Crippen molar-refractivity contribution in [1.29, 1.82) is 0 Å². The molecule has 1 aromatic carbocycles. The van der Waals surface area contributed by atoms with Gasteiger partial charge < -0.3 is 10.2 Å². The number of benzene rings is 1. The van der Waals surface area contributed by atoms with Gasteiger partial charge in [-0.15, -0.1) is 0 Å². The number of hydrogen-bond donors (Lipinski definition) is 1. The third-order valence-electron chi connectivity index (χ3n) is 3.93. The van der Waals surface area contributed by atoms with Crippen molar-refractivity contribution in [3.8, 4) is 0 Å². The van der Waals surface area contributed by atoms with Crippen LogP contribution in [0.2, 0.25) is 0 Å². The molecule has 1 aliphatic rings. The SMILES string of the molecule is CN(C)C(c1ccc(C(C)(C)C)cc1)C1CNC1. The van der Waals surface area contributed by atoms with Crippen LogP contribution in [-0.4, -0.2) is 32.1 Å². The van der Waals surface area contributed by atoms with Crippen LogP contribution >= 0.6 is 0 Å². The van der Waals surface area contributed by atoms with Crippen molar-refractivity contribution in [3.63, 3.8) is 0 Å². The van der Waals surface area contributed by atoms with E-state index in [1.54, 1.807) is 0 Å². The average molecular weight is 246 g/mol. The molecule has 1 fully saturated rings. The van der Waals surface area contributed by atoms with E-state index < -0.39 is 0 Å². The van der Waals surface area contributed by atoms with Crippen LogP contribution in [0.4, 0.5) is 0 Å². The highest BCUT2D eigenvalue weighted by Gasteiger charge is 2.29. The molecule has 1 heterocycles. The van der Waals surface area contributed by atoms with Crippen molar-refractivity contribution in [2.75, 3.05) is 27.2 Å². The van der Waals surface area contributed by atoms with Crippen molar-refractivity contribution in [1.82, 2.24) is 10.2 Å². The lowest BCUT2D eigenvalue weighted by Crippen LogP contribution is -2.48. The zero-order valence-corrected chi connectivity index (χ0v) is 12.3. The second-order valence-corrected chi connectivity index (χ2v) is 6.70. The van der Waals surface area contributed by atoms with Gasteiger partial charge in [-0.1, -0.05) is 45.0 Å². The highest BCUT2D eigenvalue weighted by Crippen LogP contribution is 2.31. The first kappa shape index (κ1) is 13.6. The molecule has 1 unspecified atom stereocenters. The van der Waals surface area contributed by atoms with Crippen molar-refractivity contribution < 1.29 is 0 Å². The smallest absolute Gasteiger partial charge is 0.0394 e. The van der Waals surface area contributed by atoms with E-state index in [4.69, 9.17) is 0 Å². The predicted molar refractivity (Wildman–Crippen MR) is 77.9 cm³/mol. The van der Waals surface area contributed by atoms with Crippen molar-refractivity contribution in [3.05, 3.63) is 35.4 Å². The van der Waals surface area contributed by atoms with Crippen LogP contribution in [0, 0.1) is 5.92 Å². The average Bonchev–Trinajstić information content (AvgIpc) is 2.21. The van der Waals surface area contributed by atoms with Gasteiger partial charge in [0.15, 0.2) is 0 Å². The molecular formula is C16H26N2. The molecule has 1 N–H and O–H groups in total. The molecule has 18 heavy (non-hydrogen) atoms. The summed E-state index contributed by atoms with van der Waals surface area (Å²) in [5, 5.41) is 3.38. The van der Waals surface area contributed by atoms with E-state index in [0.29, 0.717) is 6.04 Å². The van der Waals surface area contributed by atoms with Gasteiger partial charge in [0, 0.05) is 25.0 Å². The monoisotopic (exact) mass is 246 g/mol. The molecule has 0 bridgehead atoms. The summed E-state index contributed by atoms with van der Waals surface area (Å²) >= 11 is 0. The summed E-state index contributed by atoms with van der Waals surface area (Å²) in [4.78, 5) is 2.34. The molecule has 100 valence electrons. The van der Waals surface area contributed by atoms with Gasteiger partial charge in [0.2, 0.25) is 0 Å². The summed E-state index contributed by atoms with van der Waals surface area (Å²) in [6.07, 6.45) is 0. The molecule has 2 rings (SSSR count). The van der Waals surface area contributed by atoms with Crippen LogP contribution in [0.3, 0.4) is 0 Å². The number of nitrogens with one attached hydrogen (secondary N) is 1. The Morgan fingerprint density at radius 1 is 1.11 bits per heavy atom. The Morgan fingerprint density at radius 3 is 2.00 bits per heavy atom. The third kappa shape index (κ3) is 2.76. The lowest BCUT2D eigenvalue weighted by molar-refractivity contribution is 0.161. The van der Waals surface area contributed by atoms with Crippen LogP contribution in [0.1, 0.15) is 37.9 Å². The van der Waals surface area contributed by atoms with Gasteiger partial charge in [-0.3, -0.25) is 0 Å². The second kappa shape index (κ2) is 5.02. The molecule has 2 heteroatoms. The Balaban J connectivity index is 2.21. The van der Waals surface area contributed by atoms with Crippen LogP contribution in [0.15, 0.2) is 24.3 Å². The Morgan fingerprint density at radius 2 is 1.67 bits per heavy atom. The molecule has 1 atom stereocenters. The Bertz CT molecular complexity index is 383. The second-order valence-electron chi connectivity index (χ2n) is 6.70. The van der Waals surface area contributed by atoms with E-state index in [2.05, 4.69) is 69.3 Å². The maximum absolute atomic E-state index is 3.38. The fraction of sp³-hybridized carbons (Fsp3) is 0.625. The van der Waals surface area contributed by atoms with Gasteiger partial charge in [0.05, 0.1) is 0 Å². The minimum absolute atomic E-state index is 0.240. The largest absolute Gasteiger partial charge is 0.316 e. The van der Waals surface area contributed by atoms with Gasteiger partial charge >= 0.3 is 0 Å². The van der Waals surface area contributed by atoms with Gasteiger partial charge in [-0.05, 0) is 30.6 Å². The third-order valence-corrected chi connectivity index (χ3v) is 3.93. The molecular weight excluding hydrogens is 220 g/mol. The zero-order valence-electron chi connectivity index (χ0n) is 12.3. The van der Waals surface area contributed by atoms with E-state index in [9.17, 15) is 0 Å². The van der Waals surface area contributed by atoms with Crippen molar-refractivity contribution >= 4 is 0 Å². The first-order valence-corrected chi connectivity index (χ1v) is 6.87.